The molecule has 0 spiro atoms. The first-order valence-electron chi connectivity index (χ1n) is 35.6. The Bertz CT molecular complexity index is 4880. The maximum Gasteiger partial charge on any atom is 0.357 e. The second kappa shape index (κ2) is 35.5. The van der Waals surface area contributed by atoms with E-state index < -0.39 is 196 Å². The third-order valence-electron chi connectivity index (χ3n) is 19.5. The number of amides is 11. The van der Waals surface area contributed by atoms with Crippen LogP contribution in [0.4, 0.5) is 0 Å². The number of aliphatic hydroxyl groups is 5. The average molecular weight is 1660 g/mol. The molecule has 13 bridgehead atoms. The molecule has 4 aliphatic heterocycles. The van der Waals surface area contributed by atoms with Gasteiger partial charge in [-0.05, 0) is 85.8 Å². The Labute approximate surface area is 671 Å². The van der Waals surface area contributed by atoms with Crippen molar-refractivity contribution < 1.29 is 87.8 Å². The number of esters is 1. The molecule has 9 heterocycles. The van der Waals surface area contributed by atoms with Crippen LogP contribution in [0.15, 0.2) is 92.2 Å². The molecule has 18 N–H and O–H groups in total. The number of thioether (sulfide) groups is 1. The predicted octanol–water partition coefficient (Wildman–Crippen LogP) is 0.774. The zero-order valence-electron chi connectivity index (χ0n) is 63.0. The number of nitrogens with one attached hydrogen (secondary N) is 11. The Morgan fingerprint density at radius 2 is 1.45 bits per heavy atom. The maximum absolute atomic E-state index is 15.4. The molecule has 17 atom stereocenters. The Hall–Kier alpha value is -10.5. The van der Waals surface area contributed by atoms with E-state index >= 15 is 14.4 Å². The number of carbonyl (C=O) groups excluding carboxylic acids is 12. The van der Waals surface area contributed by atoms with Crippen molar-refractivity contribution in [2.75, 3.05) is 5.75 Å². The van der Waals surface area contributed by atoms with Gasteiger partial charge in [-0.1, -0.05) is 58.2 Å². The molecule has 0 saturated carbocycles. The first-order valence-corrected chi connectivity index (χ1v) is 40.1. The summed E-state index contributed by atoms with van der Waals surface area (Å²) in [5, 5.41) is 92.2. The van der Waals surface area contributed by atoms with Gasteiger partial charge in [0.05, 0.1) is 70.3 Å². The van der Waals surface area contributed by atoms with Crippen LogP contribution in [0.5, 0.6) is 0 Å². The van der Waals surface area contributed by atoms with Gasteiger partial charge in [-0.3, -0.25) is 68.0 Å². The number of aliphatic imine (C=N–C) groups is 2. The SMILES string of the molecule is C=C(NC(=O)C(=C)NC(=O)c1csc(C2=N[C@@H]3c4csc(n4)[C@H]4NC(=O)c5csc(n5)[C@H]([C@](C)(O)[C@@H](C)O)NC(=O)[C@H]5CSC(=N5)C(=CC)NC(=O)[C@H]([C@@H](C)O)NC(=O)c5csc(n5)[C@]3(CC2)NC(=O)[C@H](C)NC(=O)C(=C)NC(=O)[C@H](C)NC(=O)[C@H]([C@@H](C)CC)N[C@@H]2C=Cc3c([C@H](C)O)cc(nc3[C@H]2O)C(=O)O[C@@H]4C)n1)C(N)=O. The molecule has 5 aliphatic rings. The van der Waals surface area contributed by atoms with Crippen molar-refractivity contribution in [1.29, 1.82) is 0 Å². The Balaban J connectivity index is 1.18. The van der Waals surface area contributed by atoms with E-state index in [0.717, 1.165) is 57.1 Å². The number of aliphatic hydroxyl groups excluding tert-OH is 4. The lowest BCUT2D eigenvalue weighted by Crippen LogP contribution is -2.57. The molecule has 114 heavy (non-hydrogen) atoms. The summed E-state index contributed by atoms with van der Waals surface area (Å²) in [7, 11) is 0. The van der Waals surface area contributed by atoms with E-state index in [4.69, 9.17) is 25.4 Å². The van der Waals surface area contributed by atoms with Crippen molar-refractivity contribution in [3.05, 3.63) is 148 Å². The van der Waals surface area contributed by atoms with Gasteiger partial charge in [0, 0.05) is 32.8 Å². The van der Waals surface area contributed by atoms with E-state index in [9.17, 15) is 68.7 Å². The molecular weight excluding hydrogens is 1580 g/mol. The lowest BCUT2D eigenvalue weighted by Gasteiger charge is -2.41. The Kier molecular flexibility index (Phi) is 26.7. The number of thiazole rings is 4. The van der Waals surface area contributed by atoms with Crippen LogP contribution < -0.4 is 64.2 Å². The molecule has 42 heteroatoms. The number of nitrogens with zero attached hydrogens (tertiary/aromatic N) is 7. The first-order chi connectivity index (χ1) is 53.7. The van der Waals surface area contributed by atoms with E-state index in [1.807, 2.05) is 0 Å². The molecule has 37 nitrogen and oxygen atoms in total. The van der Waals surface area contributed by atoms with Crippen LogP contribution in [-0.4, -0.2) is 198 Å². The number of nitrogens with two attached hydrogens (primary N) is 1. The third kappa shape index (κ3) is 18.6. The van der Waals surface area contributed by atoms with E-state index in [1.54, 1.807) is 26.8 Å². The Morgan fingerprint density at radius 3 is 2.12 bits per heavy atom. The van der Waals surface area contributed by atoms with Crippen molar-refractivity contribution in [3.63, 3.8) is 0 Å². The van der Waals surface area contributed by atoms with Crippen LogP contribution in [0.3, 0.4) is 0 Å². The minimum atomic E-state index is -2.21. The minimum Gasteiger partial charge on any atom is -0.455 e. The topological polar surface area (TPSA) is 563 Å². The molecule has 0 radical (unpaired) electrons. The number of rotatable bonds is 12. The monoisotopic (exact) mass is 1660 g/mol. The highest BCUT2D eigenvalue weighted by atomic mass is 32.2. The van der Waals surface area contributed by atoms with Gasteiger partial charge in [0.25, 0.3) is 35.4 Å². The molecule has 0 unspecified atom stereocenters. The highest BCUT2D eigenvalue weighted by molar-refractivity contribution is 8.14. The van der Waals surface area contributed by atoms with Crippen molar-refractivity contribution in [2.45, 2.75) is 185 Å². The van der Waals surface area contributed by atoms with E-state index in [0.29, 0.717) is 6.42 Å². The number of pyridine rings is 1. The number of cyclic esters (lactones) is 1. The highest BCUT2D eigenvalue weighted by Crippen LogP contribution is 2.48. The molecule has 11 amide bonds. The molecule has 0 fully saturated rings. The van der Waals surface area contributed by atoms with Crippen LogP contribution >= 0.6 is 57.1 Å². The van der Waals surface area contributed by atoms with Gasteiger partial charge in [0.1, 0.15) is 113 Å². The van der Waals surface area contributed by atoms with Crippen LogP contribution in [0.2, 0.25) is 0 Å². The molecule has 5 aromatic rings. The fourth-order valence-corrected chi connectivity index (χ4v) is 17.2. The molecule has 1 aliphatic carbocycles. The number of hydrogen-bond acceptors (Lipinski definition) is 31. The number of hydrogen-bond donors (Lipinski definition) is 17. The lowest BCUT2D eigenvalue weighted by molar-refractivity contribution is -0.131. The zero-order valence-corrected chi connectivity index (χ0v) is 67.1. The summed E-state index contributed by atoms with van der Waals surface area (Å²) >= 11 is 4.42. The maximum atomic E-state index is 15.4. The van der Waals surface area contributed by atoms with Gasteiger partial charge in [0.2, 0.25) is 29.5 Å². The summed E-state index contributed by atoms with van der Waals surface area (Å²) < 4.78 is 6.26. The number of aromatic nitrogens is 5. The third-order valence-corrected chi connectivity index (χ3v) is 24.3. The summed E-state index contributed by atoms with van der Waals surface area (Å²) in [5.41, 5.74) is -1.79. The van der Waals surface area contributed by atoms with E-state index in [1.165, 1.54) is 88.2 Å². The van der Waals surface area contributed by atoms with Crippen molar-refractivity contribution in [3.8, 4) is 0 Å². The number of ether oxygens (including phenoxy) is 1. The van der Waals surface area contributed by atoms with Gasteiger partial charge < -0.3 is 89.2 Å². The Morgan fingerprint density at radius 1 is 0.763 bits per heavy atom. The minimum absolute atomic E-state index is 0.0158. The van der Waals surface area contributed by atoms with E-state index in [2.05, 4.69) is 98.2 Å². The second-order valence-electron chi connectivity index (χ2n) is 27.8. The number of fused-ring (bicyclic) bond motifs is 7. The average Bonchev–Trinajstić information content (AvgIpc) is 1.50. The largest absolute Gasteiger partial charge is 0.455 e. The second-order valence-corrected chi connectivity index (χ2v) is 32.3. The molecular formula is C72H85N19O18S5. The molecule has 5 aromatic heterocycles. The summed E-state index contributed by atoms with van der Waals surface area (Å²) in [6, 6.07) is -11.6. The fraction of sp³-hybridized carbons (Fsp3) is 0.431. The smallest absolute Gasteiger partial charge is 0.357 e. The number of primary amides is 1. The standard InChI is InChI=1S/C72H85N19O18S5/c1-14-26(3)47-63(105)78-30(7)57(99)75-28(5)56(98)76-31(8)58(100)91-72-19-18-40(66-85-43(22-111-66)59(101)77-29(6)55(97)74-27(4)54(73)96)81-52(72)42-21-112-67(83-42)49(34(11)109-69(107)41-20-37(32(9)92)36-16-17-39(79-47)51(95)50(36)80-41)89-60(102)44-24-113-68(86-44)53(71(13,108)35(12)94)90-62(104)45-23-110-65(84-45)38(15-2)82-64(106)48(33(10)93)88-61(103)46-25-114-70(72)87-46/h15-17,20-22,24-26,30-35,39,45,47-49,51-53,79,92-95,108H,4-6,14,18-19,23H2,1-3,7-13H3,(H2,73,96)(H,74,97)(H,75,99)(H,76,98)(H,77,101)(H,78,105)(H,82,106)(H,88,103)(H,89,102)(H,90,104)(H,91,100)/t26-,30-,31-,32-,33+,34+,35+,39+,45+,47-,48-,49-,51-,52+,53+,71+,72+/m0/s1. The van der Waals surface area contributed by atoms with Crippen LogP contribution in [-0.2, 0) is 48.6 Å². The number of carbonyl (C=O) groups is 12. The molecule has 0 saturated heterocycles. The van der Waals surface area contributed by atoms with Crippen molar-refractivity contribution in [2.24, 2.45) is 21.6 Å². The van der Waals surface area contributed by atoms with Crippen molar-refractivity contribution in [1.82, 2.24) is 83.4 Å². The lowest BCUT2D eigenvalue weighted by atomic mass is 9.80. The first kappa shape index (κ1) is 85.9. The van der Waals surface area contributed by atoms with Crippen LogP contribution in [0.25, 0.3) is 6.08 Å². The quantitative estimate of drug-likeness (QED) is 0.0606. The summed E-state index contributed by atoms with van der Waals surface area (Å²) in [6.45, 7) is 24.9. The molecule has 0 aromatic carbocycles. The molecule has 10 rings (SSSR count). The van der Waals surface area contributed by atoms with Crippen LogP contribution in [0, 0.1) is 5.92 Å². The normalized spacial score (nSPS) is 26.9. The van der Waals surface area contributed by atoms with Gasteiger partial charge in [0.15, 0.2) is 0 Å². The predicted molar refractivity (Wildman–Crippen MR) is 418 cm³/mol. The van der Waals surface area contributed by atoms with E-state index in [-0.39, 0.29) is 94.7 Å². The van der Waals surface area contributed by atoms with Crippen LogP contribution in [0.1, 0.15) is 203 Å². The number of allylic oxidation sites excluding steroid dienone is 1. The summed E-state index contributed by atoms with van der Waals surface area (Å²) in [6.07, 6.45) is -3.18. The van der Waals surface area contributed by atoms with Gasteiger partial charge >= 0.3 is 5.97 Å². The summed E-state index contributed by atoms with van der Waals surface area (Å²) in [5.74, 6) is -12.2. The fourth-order valence-electron chi connectivity index (χ4n) is 12.3. The van der Waals surface area contributed by atoms with Gasteiger partial charge in [-0.2, -0.15) is 0 Å². The van der Waals surface area contributed by atoms with Crippen molar-refractivity contribution >= 4 is 145 Å². The zero-order chi connectivity index (χ0) is 83.4. The summed E-state index contributed by atoms with van der Waals surface area (Å²) in [4.78, 5) is 204. The van der Waals surface area contributed by atoms with Gasteiger partial charge in [-0.15, -0.1) is 57.1 Å². The highest BCUT2D eigenvalue weighted by Gasteiger charge is 2.51. The van der Waals surface area contributed by atoms with Gasteiger partial charge in [-0.25, -0.2) is 29.7 Å². The molecule has 606 valence electrons.